The topological polar surface area (TPSA) is 46.2 Å². The van der Waals surface area contributed by atoms with Crippen LogP contribution in [0.25, 0.3) is 0 Å². The molecule has 3 heteroatoms. The predicted octanol–water partition coefficient (Wildman–Crippen LogP) is 1.70. The van der Waals surface area contributed by atoms with E-state index in [1.54, 1.807) is 6.92 Å². The van der Waals surface area contributed by atoms with Crippen LogP contribution in [0.5, 0.6) is 0 Å². The molecule has 72 valence electrons. The summed E-state index contributed by atoms with van der Waals surface area (Å²) in [4.78, 5) is 0. The van der Waals surface area contributed by atoms with Gasteiger partial charge in [0.05, 0.1) is 6.10 Å². The largest absolute Gasteiger partial charge is 0.392 e. The van der Waals surface area contributed by atoms with Crippen LogP contribution in [0.2, 0.25) is 0 Å². The summed E-state index contributed by atoms with van der Waals surface area (Å²) in [7, 11) is 0. The molecule has 0 heterocycles. The lowest BCUT2D eigenvalue weighted by Gasteiger charge is -2.14. The minimum atomic E-state index is -0.459. The van der Waals surface area contributed by atoms with Crippen LogP contribution in [0.1, 0.15) is 12.5 Å². The minimum absolute atomic E-state index is 0.186. The minimum Gasteiger partial charge on any atom is -0.392 e. The van der Waals surface area contributed by atoms with Crippen molar-refractivity contribution >= 4 is 15.9 Å². The fourth-order valence-corrected chi connectivity index (χ4v) is 1.55. The molecule has 0 fully saturated rings. The second-order valence-electron chi connectivity index (χ2n) is 3.24. The monoisotopic (exact) mass is 243 g/mol. The van der Waals surface area contributed by atoms with Gasteiger partial charge >= 0.3 is 0 Å². The van der Waals surface area contributed by atoms with Gasteiger partial charge in [-0.2, -0.15) is 0 Å². The summed E-state index contributed by atoms with van der Waals surface area (Å²) in [5.74, 6) is 0. The van der Waals surface area contributed by atoms with Gasteiger partial charge in [0.2, 0.25) is 0 Å². The molecule has 0 radical (unpaired) electrons. The molecule has 2 atom stereocenters. The molecule has 1 aromatic rings. The lowest BCUT2D eigenvalue weighted by molar-refractivity contribution is 0.163. The number of hydrogen-bond acceptors (Lipinski definition) is 2. The highest BCUT2D eigenvalue weighted by Gasteiger charge is 2.09. The van der Waals surface area contributed by atoms with Crippen molar-refractivity contribution in [3.8, 4) is 0 Å². The molecule has 1 rings (SSSR count). The number of rotatable bonds is 3. The highest BCUT2D eigenvalue weighted by molar-refractivity contribution is 9.10. The fraction of sp³-hybridized carbons (Fsp3) is 0.400. The average molecular weight is 244 g/mol. The van der Waals surface area contributed by atoms with Gasteiger partial charge in [0, 0.05) is 10.5 Å². The van der Waals surface area contributed by atoms with Crippen molar-refractivity contribution in [2.24, 2.45) is 5.73 Å². The van der Waals surface area contributed by atoms with E-state index >= 15 is 0 Å². The van der Waals surface area contributed by atoms with Crippen molar-refractivity contribution in [3.05, 3.63) is 34.3 Å². The van der Waals surface area contributed by atoms with Crippen LogP contribution in [0.3, 0.4) is 0 Å². The second-order valence-corrected chi connectivity index (χ2v) is 4.15. The third kappa shape index (κ3) is 3.46. The lowest BCUT2D eigenvalue weighted by atomic mass is 10.0. The van der Waals surface area contributed by atoms with Gasteiger partial charge in [-0.1, -0.05) is 28.1 Å². The summed E-state index contributed by atoms with van der Waals surface area (Å²) in [5.41, 5.74) is 6.87. The van der Waals surface area contributed by atoms with Crippen LogP contribution in [-0.2, 0) is 6.42 Å². The maximum absolute atomic E-state index is 9.21. The average Bonchev–Trinajstić information content (AvgIpc) is 2.04. The first-order valence-electron chi connectivity index (χ1n) is 4.27. The molecule has 0 aliphatic carbocycles. The number of benzene rings is 1. The van der Waals surface area contributed by atoms with Crippen molar-refractivity contribution in [1.82, 2.24) is 0 Å². The highest BCUT2D eigenvalue weighted by Crippen LogP contribution is 2.13. The number of halogens is 1. The van der Waals surface area contributed by atoms with Gasteiger partial charge in [-0.25, -0.2) is 0 Å². The zero-order valence-corrected chi connectivity index (χ0v) is 9.16. The molecule has 0 bridgehead atoms. The molecule has 2 unspecified atom stereocenters. The van der Waals surface area contributed by atoms with Crippen molar-refractivity contribution < 1.29 is 5.11 Å². The van der Waals surface area contributed by atoms with E-state index in [-0.39, 0.29) is 6.04 Å². The standard InChI is InChI=1S/C10H14BrNO/c1-7(13)10(12)6-8-3-2-4-9(11)5-8/h2-5,7,10,13H,6,12H2,1H3. The molecule has 0 aliphatic rings. The van der Waals surface area contributed by atoms with Crippen LogP contribution < -0.4 is 5.73 Å². The van der Waals surface area contributed by atoms with E-state index in [0.29, 0.717) is 6.42 Å². The van der Waals surface area contributed by atoms with Gasteiger partial charge in [0.25, 0.3) is 0 Å². The maximum Gasteiger partial charge on any atom is 0.0666 e. The third-order valence-corrected chi connectivity index (χ3v) is 2.47. The molecule has 0 amide bonds. The van der Waals surface area contributed by atoms with Gasteiger partial charge < -0.3 is 10.8 Å². The molecular formula is C10H14BrNO. The second kappa shape index (κ2) is 4.74. The Labute approximate surface area is 86.9 Å². The predicted molar refractivity (Wildman–Crippen MR) is 57.5 cm³/mol. The van der Waals surface area contributed by atoms with Crippen molar-refractivity contribution in [2.75, 3.05) is 0 Å². The summed E-state index contributed by atoms with van der Waals surface area (Å²) < 4.78 is 1.04. The number of nitrogens with two attached hydrogens (primary N) is 1. The molecule has 0 spiro atoms. The molecular weight excluding hydrogens is 230 g/mol. The van der Waals surface area contributed by atoms with E-state index in [4.69, 9.17) is 5.73 Å². The molecule has 0 aromatic heterocycles. The number of hydrogen-bond donors (Lipinski definition) is 2. The van der Waals surface area contributed by atoms with Gasteiger partial charge in [0.1, 0.15) is 0 Å². The highest BCUT2D eigenvalue weighted by atomic mass is 79.9. The van der Waals surface area contributed by atoms with Crippen LogP contribution >= 0.6 is 15.9 Å². The van der Waals surface area contributed by atoms with Gasteiger partial charge in [-0.3, -0.25) is 0 Å². The zero-order chi connectivity index (χ0) is 9.84. The smallest absolute Gasteiger partial charge is 0.0666 e. The summed E-state index contributed by atoms with van der Waals surface area (Å²) in [6.07, 6.45) is 0.246. The fourth-order valence-electron chi connectivity index (χ4n) is 1.11. The van der Waals surface area contributed by atoms with Gasteiger partial charge in [-0.05, 0) is 31.0 Å². The molecule has 0 aliphatic heterocycles. The Morgan fingerprint density at radius 2 is 2.23 bits per heavy atom. The molecule has 0 saturated heterocycles. The molecule has 0 saturated carbocycles. The lowest BCUT2D eigenvalue weighted by Crippen LogP contribution is -2.34. The Morgan fingerprint density at radius 3 is 2.77 bits per heavy atom. The van der Waals surface area contributed by atoms with E-state index in [2.05, 4.69) is 15.9 Å². The summed E-state index contributed by atoms with van der Waals surface area (Å²) in [6, 6.07) is 7.77. The molecule has 1 aromatic carbocycles. The van der Waals surface area contributed by atoms with Crippen molar-refractivity contribution in [3.63, 3.8) is 0 Å². The third-order valence-electron chi connectivity index (χ3n) is 1.98. The Morgan fingerprint density at radius 1 is 1.54 bits per heavy atom. The first kappa shape index (κ1) is 10.7. The SMILES string of the molecule is CC(O)C(N)Cc1cccc(Br)c1. The summed E-state index contributed by atoms with van der Waals surface area (Å²) >= 11 is 3.39. The zero-order valence-electron chi connectivity index (χ0n) is 7.57. The Kier molecular flexibility index (Phi) is 3.90. The maximum atomic E-state index is 9.21. The van der Waals surface area contributed by atoms with Crippen molar-refractivity contribution in [2.45, 2.75) is 25.5 Å². The number of aliphatic hydroxyl groups is 1. The summed E-state index contributed by atoms with van der Waals surface area (Å²) in [5, 5.41) is 9.21. The van der Waals surface area contributed by atoms with E-state index in [0.717, 1.165) is 10.0 Å². The molecule has 3 N–H and O–H groups in total. The number of aliphatic hydroxyl groups excluding tert-OH is 1. The van der Waals surface area contributed by atoms with E-state index in [1.165, 1.54) is 0 Å². The quantitative estimate of drug-likeness (QED) is 0.850. The summed E-state index contributed by atoms with van der Waals surface area (Å²) in [6.45, 7) is 1.71. The Hall–Kier alpha value is -0.380. The molecule has 2 nitrogen and oxygen atoms in total. The van der Waals surface area contributed by atoms with Crippen LogP contribution in [0.4, 0.5) is 0 Å². The Bertz CT molecular complexity index is 275. The molecule has 13 heavy (non-hydrogen) atoms. The Balaban J connectivity index is 2.64. The normalized spacial score (nSPS) is 15.4. The first-order chi connectivity index (χ1) is 6.09. The van der Waals surface area contributed by atoms with E-state index in [9.17, 15) is 5.11 Å². The van der Waals surface area contributed by atoms with Crippen LogP contribution in [0.15, 0.2) is 28.7 Å². The van der Waals surface area contributed by atoms with E-state index in [1.807, 2.05) is 24.3 Å². The van der Waals surface area contributed by atoms with Gasteiger partial charge in [0.15, 0.2) is 0 Å². The van der Waals surface area contributed by atoms with Crippen molar-refractivity contribution in [1.29, 1.82) is 0 Å². The first-order valence-corrected chi connectivity index (χ1v) is 5.07. The van der Waals surface area contributed by atoms with Gasteiger partial charge in [-0.15, -0.1) is 0 Å². The van der Waals surface area contributed by atoms with Crippen LogP contribution in [0, 0.1) is 0 Å². The van der Waals surface area contributed by atoms with Crippen LogP contribution in [-0.4, -0.2) is 17.3 Å². The van der Waals surface area contributed by atoms with E-state index < -0.39 is 6.10 Å².